The third kappa shape index (κ3) is 3.87. The molecule has 88 valence electrons. The van der Waals surface area contributed by atoms with Gasteiger partial charge in [-0.25, -0.2) is 0 Å². The molecule has 4 heteroatoms. The van der Waals surface area contributed by atoms with Crippen molar-refractivity contribution in [3.05, 3.63) is 29.8 Å². The summed E-state index contributed by atoms with van der Waals surface area (Å²) in [5, 5.41) is 9.29. The topological polar surface area (TPSA) is 38.7 Å². The standard InChI is InChI=1S/C12H19BO3/c1-5-15-13(14)16-11-8-6-10(7-9-11)12(2,3)4/h6-9,14H,5H2,1-4H3. The van der Waals surface area contributed by atoms with Gasteiger partial charge in [-0.15, -0.1) is 0 Å². The molecule has 1 aromatic rings. The van der Waals surface area contributed by atoms with Crippen LogP contribution in [0.25, 0.3) is 0 Å². The van der Waals surface area contributed by atoms with E-state index in [-0.39, 0.29) is 5.41 Å². The maximum atomic E-state index is 9.29. The van der Waals surface area contributed by atoms with Crippen molar-refractivity contribution in [3.63, 3.8) is 0 Å². The van der Waals surface area contributed by atoms with Gasteiger partial charge in [-0.2, -0.15) is 0 Å². The van der Waals surface area contributed by atoms with E-state index in [0.29, 0.717) is 12.4 Å². The smallest absolute Gasteiger partial charge is 0.512 e. The van der Waals surface area contributed by atoms with Crippen molar-refractivity contribution >= 4 is 7.32 Å². The Kier molecular flexibility index (Phi) is 4.39. The van der Waals surface area contributed by atoms with Crippen molar-refractivity contribution in [1.82, 2.24) is 0 Å². The lowest BCUT2D eigenvalue weighted by atomic mass is 9.87. The minimum absolute atomic E-state index is 0.122. The molecule has 0 spiro atoms. The van der Waals surface area contributed by atoms with Gasteiger partial charge in [-0.1, -0.05) is 32.9 Å². The van der Waals surface area contributed by atoms with Crippen molar-refractivity contribution in [2.45, 2.75) is 33.1 Å². The normalized spacial score (nSPS) is 11.3. The Balaban J connectivity index is 2.65. The zero-order chi connectivity index (χ0) is 12.2. The molecule has 0 bridgehead atoms. The van der Waals surface area contributed by atoms with Gasteiger partial charge in [0.25, 0.3) is 0 Å². The Morgan fingerprint density at radius 3 is 2.19 bits per heavy atom. The molecule has 0 fully saturated rings. The molecular formula is C12H19BO3. The molecule has 1 aromatic carbocycles. The Labute approximate surface area is 97.6 Å². The average molecular weight is 222 g/mol. The summed E-state index contributed by atoms with van der Waals surface area (Å²) in [6.45, 7) is 8.67. The third-order valence-corrected chi connectivity index (χ3v) is 2.27. The van der Waals surface area contributed by atoms with Crippen molar-refractivity contribution in [2.75, 3.05) is 6.61 Å². The van der Waals surface area contributed by atoms with Crippen molar-refractivity contribution < 1.29 is 14.3 Å². The molecule has 0 unspecified atom stereocenters. The first kappa shape index (κ1) is 13.1. The molecule has 0 aliphatic rings. The van der Waals surface area contributed by atoms with Gasteiger partial charge in [0.05, 0.1) is 0 Å². The second-order valence-corrected chi connectivity index (χ2v) is 4.65. The lowest BCUT2D eigenvalue weighted by molar-refractivity contribution is 0.204. The molecule has 1 rings (SSSR count). The van der Waals surface area contributed by atoms with E-state index in [4.69, 9.17) is 9.31 Å². The van der Waals surface area contributed by atoms with Crippen LogP contribution in [0.1, 0.15) is 33.3 Å². The van der Waals surface area contributed by atoms with Gasteiger partial charge >= 0.3 is 7.32 Å². The quantitative estimate of drug-likeness (QED) is 0.795. The molecule has 0 saturated carbocycles. The number of hydrogen-bond donors (Lipinski definition) is 1. The number of benzene rings is 1. The molecule has 0 amide bonds. The fourth-order valence-electron chi connectivity index (χ4n) is 1.33. The predicted octanol–water partition coefficient (Wildman–Crippen LogP) is 2.38. The molecular weight excluding hydrogens is 203 g/mol. The van der Waals surface area contributed by atoms with Crippen molar-refractivity contribution in [2.24, 2.45) is 0 Å². The zero-order valence-electron chi connectivity index (χ0n) is 10.4. The Morgan fingerprint density at radius 2 is 1.75 bits per heavy atom. The van der Waals surface area contributed by atoms with Crippen LogP contribution in [0.3, 0.4) is 0 Å². The summed E-state index contributed by atoms with van der Waals surface area (Å²) in [5.41, 5.74) is 1.35. The van der Waals surface area contributed by atoms with Crippen LogP contribution in [0.2, 0.25) is 0 Å². The molecule has 0 aromatic heterocycles. The lowest BCUT2D eigenvalue weighted by Crippen LogP contribution is -2.26. The Morgan fingerprint density at radius 1 is 1.19 bits per heavy atom. The summed E-state index contributed by atoms with van der Waals surface area (Å²) in [6, 6.07) is 7.66. The van der Waals surface area contributed by atoms with Crippen LogP contribution < -0.4 is 4.65 Å². The molecule has 16 heavy (non-hydrogen) atoms. The van der Waals surface area contributed by atoms with E-state index < -0.39 is 7.32 Å². The Hall–Kier alpha value is -0.995. The van der Waals surface area contributed by atoms with Crippen LogP contribution in [0.15, 0.2) is 24.3 Å². The highest BCUT2D eigenvalue weighted by Crippen LogP contribution is 2.24. The largest absolute Gasteiger partial charge is 0.710 e. The molecule has 1 N–H and O–H groups in total. The second-order valence-electron chi connectivity index (χ2n) is 4.65. The molecule has 0 heterocycles. The van der Waals surface area contributed by atoms with Crippen LogP contribution in [-0.4, -0.2) is 19.0 Å². The highest BCUT2D eigenvalue weighted by Gasteiger charge is 2.18. The summed E-state index contributed by atoms with van der Waals surface area (Å²) < 4.78 is 10.0. The monoisotopic (exact) mass is 222 g/mol. The van der Waals surface area contributed by atoms with E-state index in [9.17, 15) is 5.02 Å². The third-order valence-electron chi connectivity index (χ3n) is 2.27. The zero-order valence-corrected chi connectivity index (χ0v) is 10.4. The van der Waals surface area contributed by atoms with Gasteiger partial charge in [-0.3, -0.25) is 0 Å². The van der Waals surface area contributed by atoms with E-state index in [1.807, 2.05) is 24.3 Å². The van der Waals surface area contributed by atoms with Gasteiger partial charge in [0.15, 0.2) is 0 Å². The number of hydrogen-bond acceptors (Lipinski definition) is 3. The van der Waals surface area contributed by atoms with Gasteiger partial charge < -0.3 is 14.3 Å². The molecule has 0 radical (unpaired) electrons. The van der Waals surface area contributed by atoms with Crippen molar-refractivity contribution in [3.8, 4) is 5.75 Å². The summed E-state index contributed by atoms with van der Waals surface area (Å²) in [4.78, 5) is 0. The van der Waals surface area contributed by atoms with Crippen molar-refractivity contribution in [1.29, 1.82) is 0 Å². The SMILES string of the molecule is CCOB(O)Oc1ccc(C(C)(C)C)cc1. The fourth-order valence-corrected chi connectivity index (χ4v) is 1.33. The van der Waals surface area contributed by atoms with Gasteiger partial charge in [-0.05, 0) is 30.0 Å². The van der Waals surface area contributed by atoms with Crippen LogP contribution in [0, 0.1) is 0 Å². The molecule has 3 nitrogen and oxygen atoms in total. The minimum atomic E-state index is -1.19. The van der Waals surface area contributed by atoms with Crippen LogP contribution >= 0.6 is 0 Å². The second kappa shape index (κ2) is 5.37. The van der Waals surface area contributed by atoms with Crippen LogP contribution in [-0.2, 0) is 10.1 Å². The maximum absolute atomic E-state index is 9.29. The summed E-state index contributed by atoms with van der Waals surface area (Å²) in [6.07, 6.45) is 0. The van der Waals surface area contributed by atoms with Gasteiger partial charge in [0, 0.05) is 6.61 Å². The molecule has 0 aliphatic heterocycles. The first-order chi connectivity index (χ1) is 7.43. The summed E-state index contributed by atoms with van der Waals surface area (Å²) >= 11 is 0. The van der Waals surface area contributed by atoms with E-state index in [1.54, 1.807) is 6.92 Å². The molecule has 0 atom stereocenters. The highest BCUT2D eigenvalue weighted by atomic mass is 16.7. The molecule has 0 aliphatic carbocycles. The van der Waals surface area contributed by atoms with E-state index in [2.05, 4.69) is 20.8 Å². The van der Waals surface area contributed by atoms with Crippen LogP contribution in [0.4, 0.5) is 0 Å². The summed E-state index contributed by atoms with van der Waals surface area (Å²) in [7, 11) is -1.19. The lowest BCUT2D eigenvalue weighted by Gasteiger charge is -2.19. The summed E-state index contributed by atoms with van der Waals surface area (Å²) in [5.74, 6) is 0.606. The maximum Gasteiger partial charge on any atom is 0.710 e. The number of rotatable bonds is 4. The first-order valence-corrected chi connectivity index (χ1v) is 5.50. The van der Waals surface area contributed by atoms with Crippen LogP contribution in [0.5, 0.6) is 5.75 Å². The predicted molar refractivity (Wildman–Crippen MR) is 65.4 cm³/mol. The van der Waals surface area contributed by atoms with Gasteiger partial charge in [0.1, 0.15) is 5.75 Å². The molecule has 0 saturated heterocycles. The first-order valence-electron chi connectivity index (χ1n) is 5.50. The Bertz CT molecular complexity index is 316. The van der Waals surface area contributed by atoms with E-state index in [0.717, 1.165) is 0 Å². The minimum Gasteiger partial charge on any atom is -0.512 e. The highest BCUT2D eigenvalue weighted by molar-refractivity contribution is 6.35. The average Bonchev–Trinajstić information content (AvgIpc) is 2.17. The van der Waals surface area contributed by atoms with E-state index >= 15 is 0 Å². The fraction of sp³-hybridized carbons (Fsp3) is 0.500. The van der Waals surface area contributed by atoms with E-state index in [1.165, 1.54) is 5.56 Å². The van der Waals surface area contributed by atoms with Gasteiger partial charge in [0.2, 0.25) is 0 Å².